The third kappa shape index (κ3) is 5.74. The zero-order chi connectivity index (χ0) is 23.3. The molecule has 0 aliphatic heterocycles. The van der Waals surface area contributed by atoms with Gasteiger partial charge in [-0.2, -0.15) is 0 Å². The van der Waals surface area contributed by atoms with Crippen molar-refractivity contribution >= 4 is 26.9 Å². The fourth-order valence-corrected chi connectivity index (χ4v) is 4.14. The van der Waals surface area contributed by atoms with E-state index in [4.69, 9.17) is 9.15 Å². The zero-order valence-electron chi connectivity index (χ0n) is 18.2. The molecule has 0 saturated carbocycles. The van der Waals surface area contributed by atoms with Gasteiger partial charge in [-0.1, -0.05) is 24.3 Å². The molecule has 0 radical (unpaired) electrons. The Morgan fingerprint density at radius 2 is 1.78 bits per heavy atom. The quantitative estimate of drug-likeness (QED) is 0.476. The fraction of sp³-hybridized carbons (Fsp3) is 0.304. The van der Waals surface area contributed by atoms with E-state index in [1.807, 2.05) is 13.0 Å². The number of aryl methyl sites for hydroxylation is 1. The molecule has 2 aromatic carbocycles. The van der Waals surface area contributed by atoms with E-state index in [2.05, 4.69) is 10.0 Å². The molecule has 8 nitrogen and oxygen atoms in total. The first-order valence-corrected chi connectivity index (χ1v) is 11.7. The van der Waals surface area contributed by atoms with Crippen molar-refractivity contribution in [2.45, 2.75) is 32.1 Å². The van der Waals surface area contributed by atoms with Crippen LogP contribution in [0.15, 0.2) is 51.7 Å². The molecular weight excluding hydrogens is 432 g/mol. The number of carbonyl (C=O) groups is 1. The summed E-state index contributed by atoms with van der Waals surface area (Å²) in [7, 11) is -0.410. The third-order valence-corrected chi connectivity index (χ3v) is 6.61. The Kier molecular flexibility index (Phi) is 7.32. The Morgan fingerprint density at radius 3 is 2.44 bits per heavy atom. The van der Waals surface area contributed by atoms with Crippen molar-refractivity contribution < 1.29 is 22.4 Å². The summed E-state index contributed by atoms with van der Waals surface area (Å²) in [6.45, 7) is 2.15. The van der Waals surface area contributed by atoms with Crippen LogP contribution in [0.3, 0.4) is 0 Å². The second kappa shape index (κ2) is 9.97. The lowest BCUT2D eigenvalue weighted by molar-refractivity contribution is -0.121. The number of hydrogen-bond acceptors (Lipinski definition) is 6. The van der Waals surface area contributed by atoms with Gasteiger partial charge in [-0.15, -0.1) is 0 Å². The summed E-state index contributed by atoms with van der Waals surface area (Å²) < 4.78 is 36.1. The Morgan fingerprint density at radius 1 is 1.09 bits per heavy atom. The molecule has 0 fully saturated rings. The smallest absolute Gasteiger partial charge is 0.339 e. The molecule has 170 valence electrons. The molecule has 0 unspecified atom stereocenters. The van der Waals surface area contributed by atoms with Crippen molar-refractivity contribution in [2.24, 2.45) is 0 Å². The van der Waals surface area contributed by atoms with E-state index >= 15 is 0 Å². The number of benzene rings is 2. The summed E-state index contributed by atoms with van der Waals surface area (Å²) in [5.74, 6) is 0.306. The predicted molar refractivity (Wildman–Crippen MR) is 122 cm³/mol. The normalized spacial score (nSPS) is 11.5. The first-order chi connectivity index (χ1) is 15.2. The van der Waals surface area contributed by atoms with E-state index < -0.39 is 15.6 Å². The summed E-state index contributed by atoms with van der Waals surface area (Å²) >= 11 is 0. The molecule has 1 aromatic heterocycles. The maximum atomic E-state index is 12.4. The first-order valence-electron chi connectivity index (χ1n) is 10.1. The minimum absolute atomic E-state index is 0.101. The van der Waals surface area contributed by atoms with Gasteiger partial charge in [0.1, 0.15) is 11.3 Å². The van der Waals surface area contributed by atoms with E-state index in [0.29, 0.717) is 29.0 Å². The molecule has 32 heavy (non-hydrogen) atoms. The number of sulfonamides is 1. The van der Waals surface area contributed by atoms with E-state index in [0.717, 1.165) is 16.5 Å². The summed E-state index contributed by atoms with van der Waals surface area (Å²) in [4.78, 5) is 24.7. The van der Waals surface area contributed by atoms with Crippen molar-refractivity contribution in [2.75, 3.05) is 14.2 Å². The van der Waals surface area contributed by atoms with Crippen LogP contribution in [0, 0.1) is 6.92 Å². The average Bonchev–Trinajstić information content (AvgIpc) is 2.77. The molecule has 0 bridgehead atoms. The van der Waals surface area contributed by atoms with Gasteiger partial charge in [0.15, 0.2) is 0 Å². The lowest BCUT2D eigenvalue weighted by Gasteiger charge is -2.10. The van der Waals surface area contributed by atoms with Gasteiger partial charge in [0.2, 0.25) is 15.9 Å². The number of nitrogens with one attached hydrogen (secondary N) is 2. The van der Waals surface area contributed by atoms with Crippen molar-refractivity contribution in [3.8, 4) is 5.75 Å². The standard InChI is InChI=1S/C23H26N2O6S/c1-15-19-9-8-18(30-3)12-21(19)31-23(27)20(15)10-11-22(26)25-13-16-4-6-17(7-5-16)14-32(28,29)24-2/h4-9,12,24H,10-11,13-14H2,1-3H3,(H,25,26). The van der Waals surface area contributed by atoms with E-state index in [1.54, 1.807) is 43.5 Å². The van der Waals surface area contributed by atoms with Gasteiger partial charge in [0.05, 0.1) is 12.9 Å². The second-order valence-corrected chi connectivity index (χ2v) is 9.34. The number of hydrogen-bond donors (Lipinski definition) is 2. The van der Waals surface area contributed by atoms with Crippen LogP contribution in [-0.2, 0) is 33.5 Å². The Hall–Kier alpha value is -3.17. The van der Waals surface area contributed by atoms with Gasteiger partial charge < -0.3 is 14.5 Å². The van der Waals surface area contributed by atoms with Crippen LogP contribution >= 0.6 is 0 Å². The van der Waals surface area contributed by atoms with Crippen LogP contribution in [-0.4, -0.2) is 28.5 Å². The summed E-state index contributed by atoms with van der Waals surface area (Å²) in [5.41, 5.74) is 2.77. The van der Waals surface area contributed by atoms with Crippen LogP contribution in [0.4, 0.5) is 0 Å². The summed E-state index contributed by atoms with van der Waals surface area (Å²) in [5, 5.41) is 3.63. The number of methoxy groups -OCH3 is 1. The number of carbonyl (C=O) groups excluding carboxylic acids is 1. The van der Waals surface area contributed by atoms with E-state index in [1.165, 1.54) is 7.05 Å². The van der Waals surface area contributed by atoms with E-state index in [9.17, 15) is 18.0 Å². The molecule has 0 saturated heterocycles. The van der Waals surface area contributed by atoms with Crippen LogP contribution in [0.2, 0.25) is 0 Å². The lowest BCUT2D eigenvalue weighted by Crippen LogP contribution is -2.24. The highest BCUT2D eigenvalue weighted by Crippen LogP contribution is 2.24. The molecule has 3 rings (SSSR count). The van der Waals surface area contributed by atoms with Crippen LogP contribution < -0.4 is 20.4 Å². The number of fused-ring (bicyclic) bond motifs is 1. The Bertz CT molecular complexity index is 1280. The SMILES string of the molecule is CNS(=O)(=O)Cc1ccc(CNC(=O)CCc2c(C)c3ccc(OC)cc3oc2=O)cc1. The predicted octanol–water partition coefficient (Wildman–Crippen LogP) is 2.41. The average molecular weight is 459 g/mol. The highest BCUT2D eigenvalue weighted by molar-refractivity contribution is 7.88. The maximum Gasteiger partial charge on any atom is 0.339 e. The Labute approximate surface area is 186 Å². The maximum absolute atomic E-state index is 12.4. The van der Waals surface area contributed by atoms with Crippen LogP contribution in [0.1, 0.15) is 28.7 Å². The van der Waals surface area contributed by atoms with Crippen molar-refractivity contribution in [3.63, 3.8) is 0 Å². The van der Waals surface area contributed by atoms with E-state index in [-0.39, 0.29) is 24.5 Å². The van der Waals surface area contributed by atoms with Gasteiger partial charge in [0.25, 0.3) is 0 Å². The third-order valence-electron chi connectivity index (χ3n) is 5.28. The molecule has 0 aliphatic rings. The number of ether oxygens (including phenoxy) is 1. The summed E-state index contributed by atoms with van der Waals surface area (Å²) in [6, 6.07) is 12.3. The fourth-order valence-electron chi connectivity index (χ4n) is 3.36. The number of rotatable bonds is 9. The molecular formula is C23H26N2O6S. The van der Waals surface area contributed by atoms with Crippen molar-refractivity contribution in [1.29, 1.82) is 0 Å². The lowest BCUT2D eigenvalue weighted by atomic mass is 10.0. The van der Waals surface area contributed by atoms with Crippen LogP contribution in [0.5, 0.6) is 5.75 Å². The highest BCUT2D eigenvalue weighted by atomic mass is 32.2. The first kappa shape index (κ1) is 23.5. The molecule has 0 aliphatic carbocycles. The second-order valence-electron chi connectivity index (χ2n) is 7.41. The zero-order valence-corrected chi connectivity index (χ0v) is 19.0. The van der Waals surface area contributed by atoms with Gasteiger partial charge in [-0.3, -0.25) is 4.79 Å². The largest absolute Gasteiger partial charge is 0.497 e. The molecule has 2 N–H and O–H groups in total. The van der Waals surface area contributed by atoms with Gasteiger partial charge in [0, 0.05) is 30.0 Å². The molecule has 1 amide bonds. The van der Waals surface area contributed by atoms with Gasteiger partial charge >= 0.3 is 5.63 Å². The topological polar surface area (TPSA) is 115 Å². The van der Waals surface area contributed by atoms with Crippen LogP contribution in [0.25, 0.3) is 11.0 Å². The molecule has 1 heterocycles. The van der Waals surface area contributed by atoms with Crippen molar-refractivity contribution in [3.05, 3.63) is 75.1 Å². The molecule has 0 atom stereocenters. The van der Waals surface area contributed by atoms with Gasteiger partial charge in [-0.05, 0) is 49.2 Å². The minimum atomic E-state index is -3.33. The van der Waals surface area contributed by atoms with Gasteiger partial charge in [-0.25, -0.2) is 17.9 Å². The molecule has 9 heteroatoms. The highest BCUT2D eigenvalue weighted by Gasteiger charge is 2.14. The minimum Gasteiger partial charge on any atom is -0.497 e. The monoisotopic (exact) mass is 458 g/mol. The Balaban J connectivity index is 1.59. The molecule has 3 aromatic rings. The number of amides is 1. The van der Waals surface area contributed by atoms with Crippen molar-refractivity contribution in [1.82, 2.24) is 10.0 Å². The summed E-state index contributed by atoms with van der Waals surface area (Å²) in [6.07, 6.45) is 0.411. The molecule has 0 spiro atoms.